The van der Waals surface area contributed by atoms with Crippen LogP contribution >= 0.6 is 0 Å². The number of hydrogen-bond acceptors (Lipinski definition) is 5. The lowest BCUT2D eigenvalue weighted by Crippen LogP contribution is -2.58. The van der Waals surface area contributed by atoms with Gasteiger partial charge in [0, 0.05) is 13.1 Å². The lowest BCUT2D eigenvalue weighted by molar-refractivity contribution is -0.151. The Morgan fingerprint density at radius 2 is 2.04 bits per heavy atom. The number of ether oxygens (including phenoxy) is 2. The summed E-state index contributed by atoms with van der Waals surface area (Å²) < 4.78 is 11.1. The number of para-hydroxylation sites is 1. The van der Waals surface area contributed by atoms with Crippen molar-refractivity contribution in [2.75, 3.05) is 19.7 Å². The number of rotatable bonds is 9. The van der Waals surface area contributed by atoms with E-state index in [0.29, 0.717) is 37.4 Å². The molecule has 1 N–H and O–H groups in total. The topological polar surface area (TPSA) is 84.9 Å². The van der Waals surface area contributed by atoms with E-state index in [1.165, 1.54) is 4.90 Å². The van der Waals surface area contributed by atoms with Crippen molar-refractivity contribution in [3.8, 4) is 5.75 Å². The Labute approximate surface area is 166 Å². The minimum absolute atomic E-state index is 0.166. The molecule has 28 heavy (non-hydrogen) atoms. The molecule has 7 nitrogen and oxygen atoms in total. The Balaban J connectivity index is 2.17. The Morgan fingerprint density at radius 3 is 2.75 bits per heavy atom. The highest BCUT2D eigenvalue weighted by molar-refractivity contribution is 6.01. The van der Waals surface area contributed by atoms with Crippen LogP contribution in [0.1, 0.15) is 56.8 Å². The quantitative estimate of drug-likeness (QED) is 0.517. The summed E-state index contributed by atoms with van der Waals surface area (Å²) in [6.45, 7) is 6.97. The standard InChI is InChI=1S/C21H30N2O5/c1-4-6-13-27-18-10-8-7-9-16(18)21(26)23-12-11-22-20(25)17(23)14-19(24)28-15(3)5-2/h7-10,15,17H,4-6,11-14H2,1-3H3,(H,22,25). The molecule has 2 atom stereocenters. The van der Waals surface area contributed by atoms with Gasteiger partial charge >= 0.3 is 5.97 Å². The molecule has 2 unspecified atom stereocenters. The summed E-state index contributed by atoms with van der Waals surface area (Å²) >= 11 is 0. The maximum absolute atomic E-state index is 13.2. The van der Waals surface area contributed by atoms with Crippen LogP contribution in [0, 0.1) is 0 Å². The number of piperazine rings is 1. The van der Waals surface area contributed by atoms with Gasteiger partial charge in [-0.15, -0.1) is 0 Å². The zero-order chi connectivity index (χ0) is 20.5. The normalized spacial score (nSPS) is 17.6. The number of nitrogens with one attached hydrogen (secondary N) is 1. The molecule has 1 aliphatic heterocycles. The summed E-state index contributed by atoms with van der Waals surface area (Å²) in [5, 5.41) is 2.73. The highest BCUT2D eigenvalue weighted by Gasteiger charge is 2.36. The lowest BCUT2D eigenvalue weighted by atomic mass is 10.1. The van der Waals surface area contributed by atoms with E-state index in [9.17, 15) is 14.4 Å². The molecule has 0 spiro atoms. The number of benzene rings is 1. The first-order valence-corrected chi connectivity index (χ1v) is 9.97. The molecule has 1 aromatic rings. The molecule has 7 heteroatoms. The van der Waals surface area contributed by atoms with Crippen molar-refractivity contribution in [2.24, 2.45) is 0 Å². The van der Waals surface area contributed by atoms with Crippen LogP contribution in [0.25, 0.3) is 0 Å². The zero-order valence-corrected chi connectivity index (χ0v) is 16.9. The third-order valence-electron chi connectivity index (χ3n) is 4.73. The fraction of sp³-hybridized carbons (Fsp3) is 0.571. The third-order valence-corrected chi connectivity index (χ3v) is 4.73. The van der Waals surface area contributed by atoms with Crippen LogP contribution in [0.5, 0.6) is 5.75 Å². The van der Waals surface area contributed by atoms with Gasteiger partial charge in [-0.25, -0.2) is 0 Å². The molecule has 0 aromatic heterocycles. The number of amides is 2. The van der Waals surface area contributed by atoms with E-state index in [1.807, 2.05) is 13.0 Å². The Bertz CT molecular complexity index is 691. The monoisotopic (exact) mass is 390 g/mol. The Hall–Kier alpha value is -2.57. The van der Waals surface area contributed by atoms with Crippen LogP contribution in [-0.2, 0) is 14.3 Å². The molecule has 154 valence electrons. The second kappa shape index (κ2) is 10.7. The average Bonchev–Trinajstić information content (AvgIpc) is 2.69. The molecular weight excluding hydrogens is 360 g/mol. The van der Waals surface area contributed by atoms with E-state index < -0.39 is 12.0 Å². The molecule has 1 aromatic carbocycles. The average molecular weight is 390 g/mol. The van der Waals surface area contributed by atoms with E-state index >= 15 is 0 Å². The number of hydrogen-bond donors (Lipinski definition) is 1. The van der Waals surface area contributed by atoms with Crippen molar-refractivity contribution in [3.63, 3.8) is 0 Å². The van der Waals surface area contributed by atoms with Gasteiger partial charge in [0.1, 0.15) is 11.8 Å². The van der Waals surface area contributed by atoms with Crippen LogP contribution in [0.15, 0.2) is 24.3 Å². The van der Waals surface area contributed by atoms with Crippen molar-refractivity contribution in [1.29, 1.82) is 0 Å². The maximum atomic E-state index is 13.2. The molecule has 0 saturated carbocycles. The van der Waals surface area contributed by atoms with Crippen molar-refractivity contribution >= 4 is 17.8 Å². The second-order valence-corrected chi connectivity index (χ2v) is 6.92. The molecule has 0 bridgehead atoms. The van der Waals surface area contributed by atoms with Crippen LogP contribution < -0.4 is 10.1 Å². The minimum Gasteiger partial charge on any atom is -0.493 e. The minimum atomic E-state index is -0.887. The van der Waals surface area contributed by atoms with E-state index in [2.05, 4.69) is 12.2 Å². The van der Waals surface area contributed by atoms with Crippen molar-refractivity contribution in [2.45, 2.75) is 58.6 Å². The number of unbranched alkanes of at least 4 members (excludes halogenated alkanes) is 1. The van der Waals surface area contributed by atoms with E-state index in [1.54, 1.807) is 25.1 Å². The predicted octanol–water partition coefficient (Wildman–Crippen LogP) is 2.54. The SMILES string of the molecule is CCCCOc1ccccc1C(=O)N1CCNC(=O)C1CC(=O)OC(C)CC. The van der Waals surface area contributed by atoms with Crippen molar-refractivity contribution in [1.82, 2.24) is 10.2 Å². The van der Waals surface area contributed by atoms with Crippen molar-refractivity contribution < 1.29 is 23.9 Å². The summed E-state index contributed by atoms with van der Waals surface area (Å²) in [5.74, 6) is -0.650. The predicted molar refractivity (Wildman–Crippen MR) is 105 cm³/mol. The first-order chi connectivity index (χ1) is 13.5. The molecule has 1 heterocycles. The van der Waals surface area contributed by atoms with Gasteiger partial charge in [0.15, 0.2) is 0 Å². The summed E-state index contributed by atoms with van der Waals surface area (Å²) in [7, 11) is 0. The summed E-state index contributed by atoms with van der Waals surface area (Å²) in [6.07, 6.45) is 2.17. The molecular formula is C21H30N2O5. The summed E-state index contributed by atoms with van der Waals surface area (Å²) in [4.78, 5) is 39.2. The largest absolute Gasteiger partial charge is 0.493 e. The molecule has 2 amide bonds. The number of esters is 1. The number of carbonyl (C=O) groups is 3. The van der Waals surface area contributed by atoms with E-state index in [-0.39, 0.29) is 24.3 Å². The molecule has 1 saturated heterocycles. The van der Waals surface area contributed by atoms with Gasteiger partial charge in [0.2, 0.25) is 5.91 Å². The zero-order valence-electron chi connectivity index (χ0n) is 16.9. The molecule has 1 aliphatic rings. The number of nitrogens with zero attached hydrogens (tertiary/aromatic N) is 1. The highest BCUT2D eigenvalue weighted by Crippen LogP contribution is 2.23. The third kappa shape index (κ3) is 5.71. The number of carbonyl (C=O) groups excluding carboxylic acids is 3. The first kappa shape index (κ1) is 21.7. The van der Waals surface area contributed by atoms with Crippen LogP contribution in [-0.4, -0.2) is 54.5 Å². The molecule has 2 rings (SSSR count). The van der Waals surface area contributed by atoms with Gasteiger partial charge in [-0.2, -0.15) is 0 Å². The van der Waals surface area contributed by atoms with Gasteiger partial charge < -0.3 is 19.7 Å². The van der Waals surface area contributed by atoms with E-state index in [0.717, 1.165) is 12.8 Å². The molecule has 0 radical (unpaired) electrons. The van der Waals surface area contributed by atoms with Crippen molar-refractivity contribution in [3.05, 3.63) is 29.8 Å². The first-order valence-electron chi connectivity index (χ1n) is 9.97. The fourth-order valence-electron chi connectivity index (χ4n) is 2.92. The van der Waals surface area contributed by atoms with E-state index in [4.69, 9.17) is 9.47 Å². The van der Waals surface area contributed by atoms with Crippen LogP contribution in [0.2, 0.25) is 0 Å². The highest BCUT2D eigenvalue weighted by atomic mass is 16.5. The van der Waals surface area contributed by atoms with Gasteiger partial charge in [0.05, 0.1) is 24.7 Å². The summed E-state index contributed by atoms with van der Waals surface area (Å²) in [5.41, 5.74) is 0.397. The lowest BCUT2D eigenvalue weighted by Gasteiger charge is -2.35. The maximum Gasteiger partial charge on any atom is 0.308 e. The van der Waals surface area contributed by atoms with Gasteiger partial charge in [-0.1, -0.05) is 32.4 Å². The van der Waals surface area contributed by atoms with Gasteiger partial charge in [-0.3, -0.25) is 14.4 Å². The smallest absolute Gasteiger partial charge is 0.308 e. The second-order valence-electron chi connectivity index (χ2n) is 6.92. The van der Waals surface area contributed by atoms with Gasteiger partial charge in [-0.05, 0) is 31.9 Å². The van der Waals surface area contributed by atoms with Crippen LogP contribution in [0.3, 0.4) is 0 Å². The summed E-state index contributed by atoms with van der Waals surface area (Å²) in [6, 6.07) is 6.11. The molecule has 0 aliphatic carbocycles. The Morgan fingerprint density at radius 1 is 1.29 bits per heavy atom. The van der Waals surface area contributed by atoms with Gasteiger partial charge in [0.25, 0.3) is 5.91 Å². The molecule has 1 fully saturated rings. The Kier molecular flexibility index (Phi) is 8.29. The van der Waals surface area contributed by atoms with Crippen LogP contribution in [0.4, 0.5) is 0 Å². The fourth-order valence-corrected chi connectivity index (χ4v) is 2.92.